The van der Waals surface area contributed by atoms with Gasteiger partial charge in [-0.1, -0.05) is 26.2 Å². The van der Waals surface area contributed by atoms with Gasteiger partial charge in [-0.05, 0) is 31.7 Å². The zero-order valence-corrected chi connectivity index (χ0v) is 13.2. The highest BCUT2D eigenvalue weighted by molar-refractivity contribution is 5.92. The van der Waals surface area contributed by atoms with Gasteiger partial charge in [-0.3, -0.25) is 4.79 Å². The van der Waals surface area contributed by atoms with Gasteiger partial charge in [0.05, 0.1) is 6.61 Å². The second-order valence-electron chi connectivity index (χ2n) is 7.01. The first-order chi connectivity index (χ1) is 10.6. The fourth-order valence-corrected chi connectivity index (χ4v) is 3.78. The molecule has 2 aliphatic rings. The van der Waals surface area contributed by atoms with Crippen molar-refractivity contribution < 1.29 is 9.90 Å². The van der Waals surface area contributed by atoms with E-state index in [-0.39, 0.29) is 24.0 Å². The van der Waals surface area contributed by atoms with Crippen molar-refractivity contribution >= 4 is 5.91 Å². The highest BCUT2D eigenvalue weighted by atomic mass is 16.3. The van der Waals surface area contributed by atoms with Crippen LogP contribution in [0.2, 0.25) is 0 Å². The number of nitrogens with one attached hydrogen (secondary N) is 1. The van der Waals surface area contributed by atoms with Crippen LogP contribution in [0, 0.1) is 5.41 Å². The van der Waals surface area contributed by atoms with E-state index in [1.165, 1.54) is 12.8 Å². The molecule has 2 fully saturated rings. The molecule has 5 nitrogen and oxygen atoms in total. The zero-order valence-electron chi connectivity index (χ0n) is 13.2. The van der Waals surface area contributed by atoms with Crippen LogP contribution in [0.3, 0.4) is 0 Å². The molecule has 0 saturated heterocycles. The normalized spacial score (nSPS) is 28.9. The first kappa shape index (κ1) is 15.4. The third-order valence-corrected chi connectivity index (χ3v) is 5.38. The number of nitrogens with zero attached hydrogens (tertiary/aromatic N) is 2. The molecule has 0 bridgehead atoms. The molecule has 2 N–H and O–H groups in total. The van der Waals surface area contributed by atoms with Crippen LogP contribution in [0.5, 0.6) is 0 Å². The van der Waals surface area contributed by atoms with Crippen molar-refractivity contribution in [2.45, 2.75) is 63.8 Å². The first-order valence-electron chi connectivity index (χ1n) is 8.37. The van der Waals surface area contributed by atoms with E-state index < -0.39 is 0 Å². The summed E-state index contributed by atoms with van der Waals surface area (Å²) in [4.78, 5) is 21.3. The van der Waals surface area contributed by atoms with Gasteiger partial charge in [-0.15, -0.1) is 0 Å². The molecule has 3 rings (SSSR count). The molecule has 0 radical (unpaired) electrons. The van der Waals surface area contributed by atoms with Crippen molar-refractivity contribution in [2.75, 3.05) is 6.61 Å². The molecule has 1 aromatic heterocycles. The molecule has 2 atom stereocenters. The maximum Gasteiger partial charge on any atom is 0.270 e. The van der Waals surface area contributed by atoms with Crippen molar-refractivity contribution in [2.24, 2.45) is 5.41 Å². The van der Waals surface area contributed by atoms with Crippen LogP contribution in [-0.4, -0.2) is 33.6 Å². The maximum atomic E-state index is 12.5. The lowest BCUT2D eigenvalue weighted by atomic mass is 9.86. The zero-order chi connectivity index (χ0) is 15.6. The molecular weight excluding hydrogens is 278 g/mol. The second-order valence-corrected chi connectivity index (χ2v) is 7.01. The summed E-state index contributed by atoms with van der Waals surface area (Å²) in [6.45, 7) is 2.14. The fraction of sp³-hybridized carbons (Fsp3) is 0.706. The van der Waals surface area contributed by atoms with Gasteiger partial charge < -0.3 is 10.4 Å². The average molecular weight is 303 g/mol. The molecule has 0 aromatic carbocycles. The fourth-order valence-electron chi connectivity index (χ4n) is 3.78. The van der Waals surface area contributed by atoms with Gasteiger partial charge in [0.1, 0.15) is 11.5 Å². The molecule has 2 unspecified atom stereocenters. The lowest BCUT2D eigenvalue weighted by Crippen LogP contribution is -2.45. The van der Waals surface area contributed by atoms with Crippen LogP contribution in [-0.2, 0) is 0 Å². The minimum absolute atomic E-state index is 0.0231. The van der Waals surface area contributed by atoms with Gasteiger partial charge in [-0.25, -0.2) is 9.97 Å². The van der Waals surface area contributed by atoms with Crippen molar-refractivity contribution in [1.29, 1.82) is 0 Å². The van der Waals surface area contributed by atoms with E-state index >= 15 is 0 Å². The van der Waals surface area contributed by atoms with E-state index in [1.807, 2.05) is 6.92 Å². The number of carbonyl (C=O) groups is 1. The Hall–Kier alpha value is -1.49. The Morgan fingerprint density at radius 2 is 2.14 bits per heavy atom. The Labute approximate surface area is 131 Å². The first-order valence-corrected chi connectivity index (χ1v) is 8.37. The van der Waals surface area contributed by atoms with Gasteiger partial charge >= 0.3 is 0 Å². The minimum atomic E-state index is -0.211. The average Bonchev–Trinajstić information content (AvgIpc) is 3.19. The Bertz CT molecular complexity index is 542. The molecule has 5 heteroatoms. The number of aliphatic hydroxyl groups is 1. The number of hydrogen-bond acceptors (Lipinski definition) is 4. The molecule has 120 valence electrons. The van der Waals surface area contributed by atoms with Crippen molar-refractivity contribution in [3.05, 3.63) is 23.8 Å². The quantitative estimate of drug-likeness (QED) is 0.895. The Balaban J connectivity index is 1.71. The summed E-state index contributed by atoms with van der Waals surface area (Å²) in [5, 5.41) is 12.7. The summed E-state index contributed by atoms with van der Waals surface area (Å²) >= 11 is 0. The van der Waals surface area contributed by atoms with Crippen LogP contribution in [0.15, 0.2) is 12.3 Å². The predicted octanol–water partition coefficient (Wildman–Crippen LogP) is 2.42. The Morgan fingerprint density at radius 1 is 1.36 bits per heavy atom. The van der Waals surface area contributed by atoms with E-state index in [0.29, 0.717) is 11.6 Å². The molecule has 0 aliphatic heterocycles. The van der Waals surface area contributed by atoms with E-state index in [2.05, 4.69) is 15.3 Å². The predicted molar refractivity (Wildman–Crippen MR) is 83.5 cm³/mol. The van der Waals surface area contributed by atoms with Crippen LogP contribution in [0.4, 0.5) is 0 Å². The van der Waals surface area contributed by atoms with Gasteiger partial charge in [0, 0.05) is 23.6 Å². The molecule has 1 aromatic rings. The SMILES string of the molecule is CC1(CO)CCCC1NC(=O)c1ccnc(C2CCCC2)n1. The van der Waals surface area contributed by atoms with Gasteiger partial charge in [0.25, 0.3) is 5.91 Å². The smallest absolute Gasteiger partial charge is 0.270 e. The number of hydrogen-bond donors (Lipinski definition) is 2. The summed E-state index contributed by atoms with van der Waals surface area (Å²) in [6, 6.07) is 1.70. The van der Waals surface area contributed by atoms with E-state index in [4.69, 9.17) is 0 Å². The number of rotatable bonds is 4. The number of carbonyl (C=O) groups excluding carboxylic acids is 1. The van der Waals surface area contributed by atoms with Gasteiger partial charge in [-0.2, -0.15) is 0 Å². The molecule has 1 heterocycles. The molecule has 1 amide bonds. The van der Waals surface area contributed by atoms with Crippen molar-refractivity contribution in [1.82, 2.24) is 15.3 Å². The number of amides is 1. The lowest BCUT2D eigenvalue weighted by Gasteiger charge is -2.30. The number of aliphatic hydroxyl groups excluding tert-OH is 1. The van der Waals surface area contributed by atoms with Crippen molar-refractivity contribution in [3.8, 4) is 0 Å². The summed E-state index contributed by atoms with van der Waals surface area (Å²) in [5.41, 5.74) is 0.237. The van der Waals surface area contributed by atoms with Crippen LogP contribution in [0.1, 0.15) is 74.1 Å². The summed E-state index contributed by atoms with van der Waals surface area (Å²) in [6.07, 6.45) is 9.29. The Morgan fingerprint density at radius 3 is 2.86 bits per heavy atom. The van der Waals surface area contributed by atoms with Gasteiger partial charge in [0.15, 0.2) is 0 Å². The highest BCUT2D eigenvalue weighted by Gasteiger charge is 2.39. The van der Waals surface area contributed by atoms with Crippen molar-refractivity contribution in [3.63, 3.8) is 0 Å². The minimum Gasteiger partial charge on any atom is -0.396 e. The highest BCUT2D eigenvalue weighted by Crippen LogP contribution is 2.37. The maximum absolute atomic E-state index is 12.5. The largest absolute Gasteiger partial charge is 0.396 e. The molecule has 2 saturated carbocycles. The van der Waals surface area contributed by atoms with Crippen LogP contribution in [0.25, 0.3) is 0 Å². The molecule has 0 spiro atoms. The molecule has 2 aliphatic carbocycles. The second kappa shape index (κ2) is 6.32. The number of aromatic nitrogens is 2. The van der Waals surface area contributed by atoms with E-state index in [0.717, 1.165) is 37.9 Å². The Kier molecular flexibility index (Phi) is 4.43. The topological polar surface area (TPSA) is 75.1 Å². The third kappa shape index (κ3) is 3.00. The standard InChI is InChI=1S/C17H25N3O2/c1-17(11-21)9-4-7-14(17)20-16(22)13-8-10-18-15(19-13)12-5-2-3-6-12/h8,10,12,14,21H,2-7,9,11H2,1H3,(H,20,22). The summed E-state index contributed by atoms with van der Waals surface area (Å²) in [5.74, 6) is 1.07. The van der Waals surface area contributed by atoms with Crippen LogP contribution >= 0.6 is 0 Å². The third-order valence-electron chi connectivity index (χ3n) is 5.38. The van der Waals surface area contributed by atoms with E-state index in [1.54, 1.807) is 12.3 Å². The van der Waals surface area contributed by atoms with E-state index in [9.17, 15) is 9.90 Å². The van der Waals surface area contributed by atoms with Crippen LogP contribution < -0.4 is 5.32 Å². The summed E-state index contributed by atoms with van der Waals surface area (Å²) < 4.78 is 0. The van der Waals surface area contributed by atoms with Gasteiger partial charge in [0.2, 0.25) is 0 Å². The summed E-state index contributed by atoms with van der Waals surface area (Å²) in [7, 11) is 0. The lowest BCUT2D eigenvalue weighted by molar-refractivity contribution is 0.0825. The monoisotopic (exact) mass is 303 g/mol. The molecular formula is C17H25N3O2. The molecule has 22 heavy (non-hydrogen) atoms.